The van der Waals surface area contributed by atoms with E-state index < -0.39 is 0 Å². The first kappa shape index (κ1) is 17.8. The lowest BCUT2D eigenvalue weighted by molar-refractivity contribution is 0.0780. The molecule has 142 valence electrons. The van der Waals surface area contributed by atoms with Crippen LogP contribution in [0.2, 0.25) is 0 Å². The van der Waals surface area contributed by atoms with Gasteiger partial charge in [-0.3, -0.25) is 4.79 Å². The topological polar surface area (TPSA) is 80.5 Å². The van der Waals surface area contributed by atoms with E-state index in [0.29, 0.717) is 29.8 Å². The van der Waals surface area contributed by atoms with Crippen LogP contribution in [0.25, 0.3) is 0 Å². The lowest BCUT2D eigenvalue weighted by atomic mass is 9.98. The van der Waals surface area contributed by atoms with Crippen LogP contribution in [-0.2, 0) is 0 Å². The summed E-state index contributed by atoms with van der Waals surface area (Å²) in [5.41, 5.74) is 7.68. The SMILES string of the molecule is CCOc1ccc(Nc2ncccc2C(=O)N2CC3CCC(N)C3C2)cc1. The molecule has 1 aliphatic carbocycles. The molecule has 1 amide bonds. The third kappa shape index (κ3) is 3.62. The Morgan fingerprint density at radius 2 is 2.07 bits per heavy atom. The number of pyridine rings is 1. The second kappa shape index (κ2) is 7.56. The summed E-state index contributed by atoms with van der Waals surface area (Å²) in [4.78, 5) is 19.5. The predicted octanol–water partition coefficient (Wildman–Crippen LogP) is 3.03. The Bertz CT molecular complexity index is 808. The van der Waals surface area contributed by atoms with Gasteiger partial charge in [0.1, 0.15) is 11.6 Å². The van der Waals surface area contributed by atoms with Crippen molar-refractivity contribution >= 4 is 17.4 Å². The minimum absolute atomic E-state index is 0.0261. The Morgan fingerprint density at radius 3 is 2.81 bits per heavy atom. The number of carbonyl (C=O) groups excluding carboxylic acids is 1. The van der Waals surface area contributed by atoms with E-state index in [2.05, 4.69) is 10.3 Å². The normalized spacial score (nSPS) is 23.9. The average molecular weight is 366 g/mol. The monoisotopic (exact) mass is 366 g/mol. The van der Waals surface area contributed by atoms with Gasteiger partial charge in [-0.1, -0.05) is 0 Å². The first-order valence-electron chi connectivity index (χ1n) is 9.65. The number of nitrogens with two attached hydrogens (primary N) is 1. The van der Waals surface area contributed by atoms with Crippen molar-refractivity contribution in [2.75, 3.05) is 25.0 Å². The molecule has 1 aromatic heterocycles. The second-order valence-electron chi connectivity index (χ2n) is 7.36. The third-order valence-corrected chi connectivity index (χ3v) is 5.67. The number of anilines is 2. The van der Waals surface area contributed by atoms with Gasteiger partial charge in [0.15, 0.2) is 0 Å². The summed E-state index contributed by atoms with van der Waals surface area (Å²) in [7, 11) is 0. The maximum absolute atomic E-state index is 13.1. The number of hydrogen-bond donors (Lipinski definition) is 2. The molecular weight excluding hydrogens is 340 g/mol. The Balaban J connectivity index is 1.50. The first-order chi connectivity index (χ1) is 13.2. The maximum Gasteiger partial charge on any atom is 0.257 e. The summed E-state index contributed by atoms with van der Waals surface area (Å²) >= 11 is 0. The lowest BCUT2D eigenvalue weighted by Crippen LogP contribution is -2.33. The fourth-order valence-electron chi connectivity index (χ4n) is 4.26. The molecule has 0 bridgehead atoms. The highest BCUT2D eigenvalue weighted by Crippen LogP contribution is 2.38. The van der Waals surface area contributed by atoms with Crippen molar-refractivity contribution in [2.45, 2.75) is 25.8 Å². The van der Waals surface area contributed by atoms with E-state index in [9.17, 15) is 4.79 Å². The maximum atomic E-state index is 13.1. The number of nitrogens with zero attached hydrogens (tertiary/aromatic N) is 2. The van der Waals surface area contributed by atoms with Gasteiger partial charge in [-0.2, -0.15) is 0 Å². The molecule has 2 aromatic rings. The number of rotatable bonds is 5. The Kier molecular flexibility index (Phi) is 4.99. The van der Waals surface area contributed by atoms with E-state index in [1.165, 1.54) is 0 Å². The second-order valence-corrected chi connectivity index (χ2v) is 7.36. The van der Waals surface area contributed by atoms with Crippen molar-refractivity contribution in [3.05, 3.63) is 48.2 Å². The molecule has 3 unspecified atom stereocenters. The molecule has 27 heavy (non-hydrogen) atoms. The van der Waals surface area contributed by atoms with E-state index >= 15 is 0 Å². The number of hydrogen-bond acceptors (Lipinski definition) is 5. The van der Waals surface area contributed by atoms with Crippen LogP contribution in [0.3, 0.4) is 0 Å². The van der Waals surface area contributed by atoms with Crippen LogP contribution in [0, 0.1) is 11.8 Å². The number of nitrogens with one attached hydrogen (secondary N) is 1. The van der Waals surface area contributed by atoms with Crippen molar-refractivity contribution in [1.29, 1.82) is 0 Å². The number of benzene rings is 1. The molecule has 6 nitrogen and oxygen atoms in total. The number of aromatic nitrogens is 1. The molecule has 1 saturated heterocycles. The van der Waals surface area contributed by atoms with Gasteiger partial charge in [0.05, 0.1) is 12.2 Å². The molecule has 2 aliphatic rings. The molecule has 3 N–H and O–H groups in total. The standard InChI is InChI=1S/C21H26N4O2/c1-2-27-16-8-6-15(7-9-16)24-20-17(4-3-11-23-20)21(26)25-12-14-5-10-19(22)18(14)13-25/h3-4,6-9,11,14,18-19H,2,5,10,12-13,22H2,1H3,(H,23,24). The van der Waals surface area contributed by atoms with Crippen LogP contribution in [-0.4, -0.2) is 41.5 Å². The summed E-state index contributed by atoms with van der Waals surface area (Å²) in [6.07, 6.45) is 3.90. The van der Waals surface area contributed by atoms with Crippen molar-refractivity contribution in [3.63, 3.8) is 0 Å². The zero-order valence-corrected chi connectivity index (χ0v) is 15.6. The summed E-state index contributed by atoms with van der Waals surface area (Å²) in [5.74, 6) is 2.41. The van der Waals surface area contributed by atoms with Gasteiger partial charge in [-0.15, -0.1) is 0 Å². The van der Waals surface area contributed by atoms with E-state index in [-0.39, 0.29) is 11.9 Å². The predicted molar refractivity (Wildman–Crippen MR) is 105 cm³/mol. The summed E-state index contributed by atoms with van der Waals surface area (Å²) < 4.78 is 5.47. The average Bonchev–Trinajstić information content (AvgIpc) is 3.26. The largest absolute Gasteiger partial charge is 0.494 e. The highest BCUT2D eigenvalue weighted by Gasteiger charge is 2.42. The van der Waals surface area contributed by atoms with E-state index in [4.69, 9.17) is 10.5 Å². The molecule has 0 spiro atoms. The molecule has 1 saturated carbocycles. The number of likely N-dealkylation sites (tertiary alicyclic amines) is 1. The summed E-state index contributed by atoms with van der Waals surface area (Å²) in [6, 6.07) is 11.5. The van der Waals surface area contributed by atoms with Crippen LogP contribution in [0.5, 0.6) is 5.75 Å². The van der Waals surface area contributed by atoms with Gasteiger partial charge >= 0.3 is 0 Å². The van der Waals surface area contributed by atoms with Gasteiger partial charge in [0.2, 0.25) is 0 Å². The fourth-order valence-corrected chi connectivity index (χ4v) is 4.26. The van der Waals surface area contributed by atoms with Gasteiger partial charge in [-0.05, 0) is 68.0 Å². The molecular formula is C21H26N4O2. The third-order valence-electron chi connectivity index (χ3n) is 5.67. The smallest absolute Gasteiger partial charge is 0.257 e. The van der Waals surface area contributed by atoms with Crippen molar-refractivity contribution in [2.24, 2.45) is 17.6 Å². The van der Waals surface area contributed by atoms with E-state index in [0.717, 1.165) is 37.4 Å². The molecule has 2 fully saturated rings. The zero-order chi connectivity index (χ0) is 18.8. The van der Waals surface area contributed by atoms with Gasteiger partial charge < -0.3 is 20.7 Å². The van der Waals surface area contributed by atoms with E-state index in [1.807, 2.05) is 42.2 Å². The molecule has 2 heterocycles. The first-order valence-corrected chi connectivity index (χ1v) is 9.65. The van der Waals surface area contributed by atoms with Crippen LogP contribution in [0.4, 0.5) is 11.5 Å². The summed E-state index contributed by atoms with van der Waals surface area (Å²) in [5, 5.41) is 3.27. The Hall–Kier alpha value is -2.60. The zero-order valence-electron chi connectivity index (χ0n) is 15.6. The van der Waals surface area contributed by atoms with Crippen molar-refractivity contribution in [3.8, 4) is 5.75 Å². The van der Waals surface area contributed by atoms with Crippen LogP contribution >= 0.6 is 0 Å². The quantitative estimate of drug-likeness (QED) is 0.850. The molecule has 1 aliphatic heterocycles. The number of fused-ring (bicyclic) bond motifs is 1. The highest BCUT2D eigenvalue weighted by atomic mass is 16.5. The highest BCUT2D eigenvalue weighted by molar-refractivity contribution is 5.99. The fraction of sp³-hybridized carbons (Fsp3) is 0.429. The Morgan fingerprint density at radius 1 is 1.26 bits per heavy atom. The summed E-state index contributed by atoms with van der Waals surface area (Å²) in [6.45, 7) is 4.14. The molecule has 3 atom stereocenters. The minimum atomic E-state index is 0.0261. The number of ether oxygens (including phenoxy) is 1. The van der Waals surface area contributed by atoms with Gasteiger partial charge in [0, 0.05) is 31.0 Å². The van der Waals surface area contributed by atoms with Crippen LogP contribution in [0.1, 0.15) is 30.1 Å². The van der Waals surface area contributed by atoms with Gasteiger partial charge in [-0.25, -0.2) is 4.98 Å². The lowest BCUT2D eigenvalue weighted by Gasteiger charge is -2.20. The van der Waals surface area contributed by atoms with Gasteiger partial charge in [0.25, 0.3) is 5.91 Å². The van der Waals surface area contributed by atoms with Crippen LogP contribution < -0.4 is 15.8 Å². The molecule has 4 rings (SSSR count). The molecule has 6 heteroatoms. The number of amides is 1. The van der Waals surface area contributed by atoms with Crippen molar-refractivity contribution < 1.29 is 9.53 Å². The van der Waals surface area contributed by atoms with Crippen LogP contribution in [0.15, 0.2) is 42.6 Å². The van der Waals surface area contributed by atoms with E-state index in [1.54, 1.807) is 12.3 Å². The molecule has 0 radical (unpaired) electrons. The number of carbonyl (C=O) groups is 1. The molecule has 1 aromatic carbocycles. The Labute approximate surface area is 159 Å². The minimum Gasteiger partial charge on any atom is -0.494 e. The van der Waals surface area contributed by atoms with Crippen molar-refractivity contribution in [1.82, 2.24) is 9.88 Å².